The van der Waals surface area contributed by atoms with Gasteiger partial charge in [0.05, 0.1) is 30.4 Å². The van der Waals surface area contributed by atoms with Crippen LogP contribution < -0.4 is 9.47 Å². The molecule has 0 amide bonds. The molecule has 0 aromatic heterocycles. The van der Waals surface area contributed by atoms with Crippen molar-refractivity contribution in [2.75, 3.05) is 13.2 Å². The first kappa shape index (κ1) is 31.4. The fourth-order valence-electron chi connectivity index (χ4n) is 4.07. The lowest BCUT2D eigenvalue weighted by atomic mass is 10.0. The molecule has 0 radical (unpaired) electrons. The summed E-state index contributed by atoms with van der Waals surface area (Å²) in [6.45, 7) is 6.64. The lowest BCUT2D eigenvalue weighted by molar-refractivity contribution is -0.143. The SMILES string of the molecule is CCCCCC[C@H](C)OC(=O)c1ccc(OC(=O)c2ccc(-c3ccc(OCCCOC(=O)CC)cc3)cc2)cc1. The summed E-state index contributed by atoms with van der Waals surface area (Å²) in [5, 5.41) is 0. The van der Waals surface area contributed by atoms with E-state index < -0.39 is 5.97 Å². The van der Waals surface area contributed by atoms with Crippen LogP contribution in [-0.4, -0.2) is 37.2 Å². The minimum Gasteiger partial charge on any atom is -0.493 e. The molecule has 0 saturated carbocycles. The molecule has 3 aromatic rings. The Kier molecular flexibility index (Phi) is 12.9. The van der Waals surface area contributed by atoms with Crippen LogP contribution in [0, 0.1) is 0 Å². The Bertz CT molecular complexity index is 1230. The number of unbranched alkanes of at least 4 members (excludes halogenated alkanes) is 3. The standard InChI is InChI=1S/C34H40O7/c1-4-6-7-8-10-25(3)40-33(36)29-17-21-31(22-18-29)41-34(37)28-13-11-26(12-14-28)27-15-19-30(20-16-27)38-23-9-24-39-32(35)5-2/h11-22,25H,4-10,23-24H2,1-3H3/t25-/m0/s1. The molecule has 7 heteroatoms. The summed E-state index contributed by atoms with van der Waals surface area (Å²) in [7, 11) is 0. The second kappa shape index (κ2) is 16.9. The summed E-state index contributed by atoms with van der Waals surface area (Å²) in [5.41, 5.74) is 2.76. The van der Waals surface area contributed by atoms with E-state index in [0.717, 1.165) is 36.1 Å². The minimum absolute atomic E-state index is 0.138. The maximum absolute atomic E-state index is 12.7. The van der Waals surface area contributed by atoms with Gasteiger partial charge in [-0.1, -0.05) is 57.4 Å². The van der Waals surface area contributed by atoms with E-state index in [1.54, 1.807) is 43.3 Å². The monoisotopic (exact) mass is 560 g/mol. The van der Waals surface area contributed by atoms with Crippen molar-refractivity contribution in [1.29, 1.82) is 0 Å². The zero-order chi connectivity index (χ0) is 29.5. The quantitative estimate of drug-likeness (QED) is 0.100. The van der Waals surface area contributed by atoms with Gasteiger partial charge in [-0.3, -0.25) is 4.79 Å². The van der Waals surface area contributed by atoms with Gasteiger partial charge in [-0.2, -0.15) is 0 Å². The van der Waals surface area contributed by atoms with Crippen molar-refractivity contribution in [1.82, 2.24) is 0 Å². The van der Waals surface area contributed by atoms with Gasteiger partial charge in [-0.15, -0.1) is 0 Å². The number of carbonyl (C=O) groups excluding carboxylic acids is 3. The van der Waals surface area contributed by atoms with E-state index in [1.807, 2.05) is 43.3 Å². The van der Waals surface area contributed by atoms with E-state index in [1.165, 1.54) is 12.8 Å². The van der Waals surface area contributed by atoms with Crippen LogP contribution in [0.2, 0.25) is 0 Å². The number of hydrogen-bond donors (Lipinski definition) is 0. The molecule has 0 heterocycles. The summed E-state index contributed by atoms with van der Waals surface area (Å²) in [5.74, 6) is 0.00518. The number of carbonyl (C=O) groups is 3. The molecular formula is C34H40O7. The molecule has 3 aromatic carbocycles. The van der Waals surface area contributed by atoms with Crippen molar-refractivity contribution in [2.45, 2.75) is 71.8 Å². The van der Waals surface area contributed by atoms with E-state index in [4.69, 9.17) is 18.9 Å². The molecular weight excluding hydrogens is 520 g/mol. The molecule has 0 aliphatic carbocycles. The van der Waals surface area contributed by atoms with Crippen molar-refractivity contribution in [3.05, 3.63) is 83.9 Å². The molecule has 0 aliphatic rings. The van der Waals surface area contributed by atoms with Crippen molar-refractivity contribution in [3.8, 4) is 22.6 Å². The van der Waals surface area contributed by atoms with E-state index in [0.29, 0.717) is 42.9 Å². The van der Waals surface area contributed by atoms with Gasteiger partial charge in [0.25, 0.3) is 0 Å². The number of esters is 3. The molecule has 218 valence electrons. The first-order chi connectivity index (χ1) is 19.9. The Morgan fingerprint density at radius 2 is 1.24 bits per heavy atom. The molecule has 0 fully saturated rings. The van der Waals surface area contributed by atoms with Crippen LogP contribution in [0.25, 0.3) is 11.1 Å². The number of hydrogen-bond acceptors (Lipinski definition) is 7. The second-order valence-electron chi connectivity index (χ2n) is 9.86. The number of rotatable bonds is 16. The maximum atomic E-state index is 12.7. The third kappa shape index (κ3) is 10.7. The van der Waals surface area contributed by atoms with Gasteiger partial charge >= 0.3 is 17.9 Å². The molecule has 1 atom stereocenters. The van der Waals surface area contributed by atoms with E-state index in [9.17, 15) is 14.4 Å². The smallest absolute Gasteiger partial charge is 0.343 e. The highest BCUT2D eigenvalue weighted by atomic mass is 16.5. The first-order valence-corrected chi connectivity index (χ1v) is 14.4. The summed E-state index contributed by atoms with van der Waals surface area (Å²) in [6.07, 6.45) is 6.26. The average Bonchev–Trinajstić information content (AvgIpc) is 2.99. The first-order valence-electron chi connectivity index (χ1n) is 14.4. The highest BCUT2D eigenvalue weighted by molar-refractivity contribution is 5.92. The van der Waals surface area contributed by atoms with Gasteiger partial charge < -0.3 is 18.9 Å². The van der Waals surface area contributed by atoms with Crippen LogP contribution >= 0.6 is 0 Å². The lowest BCUT2D eigenvalue weighted by Gasteiger charge is -2.13. The number of benzene rings is 3. The minimum atomic E-state index is -0.485. The van der Waals surface area contributed by atoms with Crippen molar-refractivity contribution >= 4 is 17.9 Å². The zero-order valence-corrected chi connectivity index (χ0v) is 24.2. The van der Waals surface area contributed by atoms with Crippen molar-refractivity contribution in [2.24, 2.45) is 0 Å². The second-order valence-corrected chi connectivity index (χ2v) is 9.86. The largest absolute Gasteiger partial charge is 0.493 e. The predicted molar refractivity (Wildman–Crippen MR) is 158 cm³/mol. The lowest BCUT2D eigenvalue weighted by Crippen LogP contribution is -2.15. The van der Waals surface area contributed by atoms with Crippen molar-refractivity contribution in [3.63, 3.8) is 0 Å². The summed E-state index contributed by atoms with van der Waals surface area (Å²) in [6, 6.07) is 21.2. The van der Waals surface area contributed by atoms with Crippen molar-refractivity contribution < 1.29 is 33.3 Å². The Labute approximate surface area is 242 Å². The van der Waals surface area contributed by atoms with Crippen LogP contribution in [0.3, 0.4) is 0 Å². The summed E-state index contributed by atoms with van der Waals surface area (Å²) >= 11 is 0. The summed E-state index contributed by atoms with van der Waals surface area (Å²) < 4.78 is 21.8. The fourth-order valence-corrected chi connectivity index (χ4v) is 4.07. The molecule has 0 saturated heterocycles. The zero-order valence-electron chi connectivity index (χ0n) is 24.2. The Balaban J connectivity index is 1.46. The molecule has 0 unspecified atom stereocenters. The average molecular weight is 561 g/mol. The normalized spacial score (nSPS) is 11.4. The van der Waals surface area contributed by atoms with Crippen LogP contribution in [-0.2, 0) is 14.3 Å². The van der Waals surface area contributed by atoms with Crippen LogP contribution in [0.1, 0.15) is 86.4 Å². The van der Waals surface area contributed by atoms with E-state index >= 15 is 0 Å². The third-order valence-electron chi connectivity index (χ3n) is 6.49. The molecule has 0 N–H and O–H groups in total. The van der Waals surface area contributed by atoms with Gasteiger partial charge in [0.1, 0.15) is 11.5 Å². The number of ether oxygens (including phenoxy) is 4. The molecule has 3 rings (SSSR count). The van der Waals surface area contributed by atoms with Crippen LogP contribution in [0.4, 0.5) is 0 Å². The molecule has 7 nitrogen and oxygen atoms in total. The summed E-state index contributed by atoms with van der Waals surface area (Å²) in [4.78, 5) is 36.2. The highest BCUT2D eigenvalue weighted by Gasteiger charge is 2.14. The Morgan fingerprint density at radius 1 is 0.659 bits per heavy atom. The van der Waals surface area contributed by atoms with Gasteiger partial charge in [-0.25, -0.2) is 9.59 Å². The third-order valence-corrected chi connectivity index (χ3v) is 6.49. The van der Waals surface area contributed by atoms with Crippen LogP contribution in [0.15, 0.2) is 72.8 Å². The van der Waals surface area contributed by atoms with Gasteiger partial charge in [0.15, 0.2) is 0 Å². The topological polar surface area (TPSA) is 88.1 Å². The Hall–Kier alpha value is -4.13. The highest BCUT2D eigenvalue weighted by Crippen LogP contribution is 2.24. The van der Waals surface area contributed by atoms with Gasteiger partial charge in [0.2, 0.25) is 0 Å². The van der Waals surface area contributed by atoms with E-state index in [2.05, 4.69) is 6.92 Å². The van der Waals surface area contributed by atoms with Gasteiger partial charge in [-0.05, 0) is 79.4 Å². The van der Waals surface area contributed by atoms with Crippen LogP contribution in [0.5, 0.6) is 11.5 Å². The molecule has 41 heavy (non-hydrogen) atoms. The predicted octanol–water partition coefficient (Wildman–Crippen LogP) is 7.81. The maximum Gasteiger partial charge on any atom is 0.343 e. The molecule has 0 bridgehead atoms. The Morgan fingerprint density at radius 3 is 1.88 bits per heavy atom. The molecule has 0 aliphatic heterocycles. The fraction of sp³-hybridized carbons (Fsp3) is 0.382. The van der Waals surface area contributed by atoms with Gasteiger partial charge in [0, 0.05) is 12.8 Å². The molecule has 0 spiro atoms. The van der Waals surface area contributed by atoms with E-state index in [-0.39, 0.29) is 18.0 Å².